The van der Waals surface area contributed by atoms with E-state index in [2.05, 4.69) is 26.5 Å². The van der Waals surface area contributed by atoms with Crippen LogP contribution in [-0.2, 0) is 14.8 Å². The maximum atomic E-state index is 12.8. The second-order valence-electron chi connectivity index (χ2n) is 6.09. The molecule has 0 fully saturated rings. The van der Waals surface area contributed by atoms with E-state index >= 15 is 0 Å². The van der Waals surface area contributed by atoms with Crippen LogP contribution in [0.15, 0.2) is 50.9 Å². The Balaban J connectivity index is 2.09. The largest absolute Gasteiger partial charge is 0.496 e. The molecule has 156 valence electrons. The van der Waals surface area contributed by atoms with Crippen molar-refractivity contribution in [3.63, 3.8) is 0 Å². The number of carbonyl (C=O) groups excluding carboxylic acids is 1. The fourth-order valence-electron chi connectivity index (χ4n) is 2.46. The molecule has 0 radical (unpaired) electrons. The van der Waals surface area contributed by atoms with Crippen LogP contribution in [0.1, 0.15) is 11.1 Å². The highest BCUT2D eigenvalue weighted by Crippen LogP contribution is 2.27. The van der Waals surface area contributed by atoms with Gasteiger partial charge in [-0.2, -0.15) is 9.41 Å². The molecular formula is C19H22BrN3O5S. The minimum atomic E-state index is -3.92. The fourth-order valence-corrected chi connectivity index (χ4v) is 4.20. The second-order valence-corrected chi connectivity index (χ2v) is 9.02. The number of aryl methyl sites for hydroxylation is 1. The first-order valence-corrected chi connectivity index (χ1v) is 10.7. The number of nitrogens with one attached hydrogen (secondary N) is 1. The Hall–Kier alpha value is -2.43. The lowest BCUT2D eigenvalue weighted by Gasteiger charge is -2.18. The Labute approximate surface area is 178 Å². The van der Waals surface area contributed by atoms with Crippen molar-refractivity contribution >= 4 is 38.1 Å². The number of rotatable bonds is 8. The zero-order valence-corrected chi connectivity index (χ0v) is 18.9. The minimum Gasteiger partial charge on any atom is -0.496 e. The Morgan fingerprint density at radius 3 is 2.48 bits per heavy atom. The third kappa shape index (κ3) is 5.78. The van der Waals surface area contributed by atoms with E-state index in [1.165, 1.54) is 33.5 Å². The van der Waals surface area contributed by atoms with Crippen LogP contribution < -0.4 is 14.9 Å². The van der Waals surface area contributed by atoms with Gasteiger partial charge in [0.15, 0.2) is 0 Å². The van der Waals surface area contributed by atoms with Crippen LogP contribution in [0.4, 0.5) is 0 Å². The maximum absolute atomic E-state index is 12.8. The van der Waals surface area contributed by atoms with Gasteiger partial charge < -0.3 is 9.47 Å². The van der Waals surface area contributed by atoms with Crippen LogP contribution in [-0.4, -0.2) is 52.7 Å². The van der Waals surface area contributed by atoms with Gasteiger partial charge in [-0.3, -0.25) is 4.79 Å². The third-order valence-electron chi connectivity index (χ3n) is 3.96. The summed E-state index contributed by atoms with van der Waals surface area (Å²) in [6, 6.07) is 10.2. The van der Waals surface area contributed by atoms with Gasteiger partial charge in [-0.25, -0.2) is 13.8 Å². The second kappa shape index (κ2) is 9.86. The van der Waals surface area contributed by atoms with Crippen molar-refractivity contribution < 1.29 is 22.7 Å². The standard InChI is InChI=1S/C19H22BrN3O5S/c1-13-5-7-17(28-4)18(9-13)29(25,26)23(2)12-19(24)22-21-11-14-10-15(20)6-8-16(14)27-3/h5-11H,12H2,1-4H3,(H,22,24). The fraction of sp³-hybridized carbons (Fsp3) is 0.263. The predicted octanol–water partition coefficient (Wildman–Crippen LogP) is 2.55. The number of likely N-dealkylation sites (N-methyl/N-ethyl adjacent to an activating group) is 1. The van der Waals surface area contributed by atoms with Gasteiger partial charge in [-0.05, 0) is 42.8 Å². The summed E-state index contributed by atoms with van der Waals surface area (Å²) in [4.78, 5) is 12.2. The number of hydrogen-bond acceptors (Lipinski definition) is 6. The first-order chi connectivity index (χ1) is 13.7. The number of amides is 1. The molecule has 1 N–H and O–H groups in total. The van der Waals surface area contributed by atoms with E-state index in [1.54, 1.807) is 31.2 Å². The first-order valence-electron chi connectivity index (χ1n) is 8.45. The van der Waals surface area contributed by atoms with E-state index in [0.29, 0.717) is 11.3 Å². The number of hydrogen-bond donors (Lipinski definition) is 1. The smallest absolute Gasteiger partial charge is 0.255 e. The average Bonchev–Trinajstić information content (AvgIpc) is 2.68. The lowest BCUT2D eigenvalue weighted by molar-refractivity contribution is -0.121. The van der Waals surface area contributed by atoms with Crippen LogP contribution in [0.5, 0.6) is 11.5 Å². The summed E-state index contributed by atoms with van der Waals surface area (Å²) in [7, 11) is 0.310. The van der Waals surface area contributed by atoms with Gasteiger partial charge in [0.25, 0.3) is 5.91 Å². The minimum absolute atomic E-state index is 0.00215. The van der Waals surface area contributed by atoms with Crippen molar-refractivity contribution in [3.05, 3.63) is 52.0 Å². The van der Waals surface area contributed by atoms with Gasteiger partial charge in [0.2, 0.25) is 10.0 Å². The zero-order chi connectivity index (χ0) is 21.6. The van der Waals surface area contributed by atoms with Crippen molar-refractivity contribution in [2.45, 2.75) is 11.8 Å². The van der Waals surface area contributed by atoms with Crippen LogP contribution in [0.2, 0.25) is 0 Å². The molecule has 0 aromatic heterocycles. The van der Waals surface area contributed by atoms with Crippen LogP contribution >= 0.6 is 15.9 Å². The number of halogens is 1. The molecule has 0 saturated carbocycles. The molecule has 8 nitrogen and oxygen atoms in total. The Kier molecular flexibility index (Phi) is 7.77. The molecule has 0 atom stereocenters. The van der Waals surface area contributed by atoms with Crippen LogP contribution in [0.25, 0.3) is 0 Å². The summed E-state index contributed by atoms with van der Waals surface area (Å²) >= 11 is 3.35. The summed E-state index contributed by atoms with van der Waals surface area (Å²) in [5.74, 6) is 0.202. The molecule has 0 saturated heterocycles. The topological polar surface area (TPSA) is 97.3 Å². The quantitative estimate of drug-likeness (QED) is 0.459. The monoisotopic (exact) mass is 483 g/mol. The Bertz CT molecular complexity index is 1020. The molecule has 0 aliphatic carbocycles. The molecule has 0 bridgehead atoms. The summed E-state index contributed by atoms with van der Waals surface area (Å²) in [6.45, 7) is 1.36. The number of carbonyl (C=O) groups is 1. The van der Waals surface area contributed by atoms with Crippen molar-refractivity contribution in [3.8, 4) is 11.5 Å². The van der Waals surface area contributed by atoms with Crippen LogP contribution in [0, 0.1) is 6.92 Å². The van der Waals surface area contributed by atoms with Gasteiger partial charge in [-0.15, -0.1) is 0 Å². The number of ether oxygens (including phenoxy) is 2. The first kappa shape index (κ1) is 22.9. The van der Waals surface area contributed by atoms with E-state index in [4.69, 9.17) is 9.47 Å². The maximum Gasteiger partial charge on any atom is 0.255 e. The van der Waals surface area contributed by atoms with Crippen molar-refractivity contribution in [2.24, 2.45) is 5.10 Å². The van der Waals surface area contributed by atoms with E-state index < -0.39 is 22.5 Å². The molecule has 2 rings (SSSR count). The Morgan fingerprint density at radius 1 is 1.17 bits per heavy atom. The predicted molar refractivity (Wildman–Crippen MR) is 114 cm³/mol. The number of methoxy groups -OCH3 is 2. The van der Waals surface area contributed by atoms with Gasteiger partial charge >= 0.3 is 0 Å². The van der Waals surface area contributed by atoms with E-state index in [1.807, 2.05) is 6.07 Å². The van der Waals surface area contributed by atoms with Gasteiger partial charge in [0.1, 0.15) is 16.4 Å². The lowest BCUT2D eigenvalue weighted by Crippen LogP contribution is -2.36. The van der Waals surface area contributed by atoms with Crippen molar-refractivity contribution in [1.82, 2.24) is 9.73 Å². The van der Waals surface area contributed by atoms with E-state index in [-0.39, 0.29) is 10.6 Å². The average molecular weight is 484 g/mol. The number of sulfonamides is 1. The lowest BCUT2D eigenvalue weighted by atomic mass is 10.2. The highest BCUT2D eigenvalue weighted by Gasteiger charge is 2.26. The summed E-state index contributed by atoms with van der Waals surface area (Å²) in [5.41, 5.74) is 3.72. The highest BCUT2D eigenvalue weighted by molar-refractivity contribution is 9.10. The SMILES string of the molecule is COc1ccc(Br)cc1C=NNC(=O)CN(C)S(=O)(=O)c1cc(C)ccc1OC. The van der Waals surface area contributed by atoms with Crippen molar-refractivity contribution in [1.29, 1.82) is 0 Å². The van der Waals surface area contributed by atoms with Gasteiger partial charge in [0, 0.05) is 17.1 Å². The highest BCUT2D eigenvalue weighted by atomic mass is 79.9. The summed E-state index contributed by atoms with van der Waals surface area (Å²) in [5, 5.41) is 3.88. The normalized spacial score (nSPS) is 11.7. The molecular weight excluding hydrogens is 462 g/mol. The molecule has 0 heterocycles. The third-order valence-corrected chi connectivity index (χ3v) is 6.28. The van der Waals surface area contributed by atoms with Crippen molar-refractivity contribution in [2.75, 3.05) is 27.8 Å². The molecule has 2 aromatic carbocycles. The number of nitrogens with zero attached hydrogens (tertiary/aromatic N) is 2. The van der Waals surface area contributed by atoms with Crippen LogP contribution in [0.3, 0.4) is 0 Å². The summed E-state index contributed by atoms with van der Waals surface area (Å²) in [6.07, 6.45) is 1.42. The zero-order valence-electron chi connectivity index (χ0n) is 16.5. The molecule has 0 aliphatic heterocycles. The molecule has 10 heteroatoms. The Morgan fingerprint density at radius 2 is 1.83 bits per heavy atom. The molecule has 0 unspecified atom stereocenters. The number of benzene rings is 2. The molecule has 0 spiro atoms. The summed E-state index contributed by atoms with van der Waals surface area (Å²) < 4.78 is 37.8. The van der Waals surface area contributed by atoms with E-state index in [0.717, 1.165) is 14.3 Å². The molecule has 29 heavy (non-hydrogen) atoms. The molecule has 1 amide bonds. The molecule has 2 aromatic rings. The van der Waals surface area contributed by atoms with Gasteiger partial charge in [0.05, 0.1) is 27.0 Å². The molecule has 0 aliphatic rings. The van der Waals surface area contributed by atoms with E-state index in [9.17, 15) is 13.2 Å². The number of hydrazone groups is 1. The van der Waals surface area contributed by atoms with Gasteiger partial charge in [-0.1, -0.05) is 22.0 Å².